The van der Waals surface area contributed by atoms with Crippen LogP contribution in [-0.2, 0) is 0 Å². The van der Waals surface area contributed by atoms with Crippen LogP contribution in [-0.4, -0.2) is 4.37 Å². The number of aromatic nitrogens is 1. The second-order valence-corrected chi connectivity index (χ2v) is 6.16. The first kappa shape index (κ1) is 12.4. The fourth-order valence-corrected chi connectivity index (χ4v) is 3.36. The van der Waals surface area contributed by atoms with Crippen molar-refractivity contribution in [3.8, 4) is 0 Å². The molecule has 1 unspecified atom stereocenters. The van der Waals surface area contributed by atoms with Crippen molar-refractivity contribution in [1.29, 1.82) is 0 Å². The normalized spacial score (nSPS) is 12.9. The molecule has 0 aliphatic carbocycles. The van der Waals surface area contributed by atoms with Crippen molar-refractivity contribution in [2.75, 3.05) is 11.1 Å². The highest BCUT2D eigenvalue weighted by atomic mass is 32.1. The Labute approximate surface area is 110 Å². The lowest BCUT2D eigenvalue weighted by molar-refractivity contribution is 0.554. The Kier molecular flexibility index (Phi) is 3.69. The van der Waals surface area contributed by atoms with Gasteiger partial charge in [-0.25, -0.2) is 0 Å². The van der Waals surface area contributed by atoms with Crippen LogP contribution in [0.4, 0.5) is 10.8 Å². The van der Waals surface area contributed by atoms with Crippen LogP contribution in [0.25, 0.3) is 0 Å². The average molecular weight is 267 g/mol. The van der Waals surface area contributed by atoms with Crippen LogP contribution in [0.3, 0.4) is 0 Å². The standard InChI is InChI=1S/C12H17N3S2/c1-7(2)10(9-5-4-6-16-9)14-12-8(3)11(13)15-17-12/h4-7,10,14H,1-3H3,(H2,13,15). The molecule has 0 amide bonds. The average Bonchev–Trinajstić information content (AvgIpc) is 2.89. The van der Waals surface area contributed by atoms with E-state index in [2.05, 4.69) is 41.1 Å². The molecule has 3 N–H and O–H groups in total. The minimum atomic E-state index is 0.327. The molecule has 2 aromatic rings. The summed E-state index contributed by atoms with van der Waals surface area (Å²) in [5.41, 5.74) is 6.83. The van der Waals surface area contributed by atoms with Gasteiger partial charge >= 0.3 is 0 Å². The van der Waals surface area contributed by atoms with E-state index in [0.717, 1.165) is 10.6 Å². The summed E-state index contributed by atoms with van der Waals surface area (Å²) in [6.45, 7) is 6.45. The minimum Gasteiger partial charge on any atom is -0.383 e. The van der Waals surface area contributed by atoms with E-state index in [-0.39, 0.29) is 0 Å². The van der Waals surface area contributed by atoms with Crippen molar-refractivity contribution in [2.45, 2.75) is 26.8 Å². The third-order valence-corrected chi connectivity index (χ3v) is 4.61. The third kappa shape index (κ3) is 2.61. The van der Waals surface area contributed by atoms with Crippen molar-refractivity contribution in [3.05, 3.63) is 28.0 Å². The zero-order valence-corrected chi connectivity index (χ0v) is 11.9. The Bertz CT molecular complexity index is 474. The van der Waals surface area contributed by atoms with Gasteiger partial charge in [0.05, 0.1) is 6.04 Å². The SMILES string of the molecule is Cc1c(N)nsc1NC(c1cccs1)C(C)C. The maximum Gasteiger partial charge on any atom is 0.142 e. The molecular weight excluding hydrogens is 250 g/mol. The van der Waals surface area contributed by atoms with Gasteiger partial charge in [0.25, 0.3) is 0 Å². The van der Waals surface area contributed by atoms with Crippen molar-refractivity contribution < 1.29 is 0 Å². The molecule has 0 spiro atoms. The summed E-state index contributed by atoms with van der Waals surface area (Å²) < 4.78 is 4.17. The van der Waals surface area contributed by atoms with Crippen LogP contribution in [0.15, 0.2) is 17.5 Å². The lowest BCUT2D eigenvalue weighted by Crippen LogP contribution is -2.15. The highest BCUT2D eigenvalue weighted by Crippen LogP contribution is 2.34. The van der Waals surface area contributed by atoms with Crippen molar-refractivity contribution in [1.82, 2.24) is 4.37 Å². The van der Waals surface area contributed by atoms with E-state index in [0.29, 0.717) is 17.8 Å². The highest BCUT2D eigenvalue weighted by molar-refractivity contribution is 7.11. The predicted molar refractivity (Wildman–Crippen MR) is 76.8 cm³/mol. The number of anilines is 2. The van der Waals surface area contributed by atoms with Gasteiger partial charge in [-0.3, -0.25) is 0 Å². The Balaban J connectivity index is 2.22. The summed E-state index contributed by atoms with van der Waals surface area (Å²) in [6, 6.07) is 4.58. The number of nitrogens with one attached hydrogen (secondary N) is 1. The first-order valence-corrected chi connectivity index (χ1v) is 7.26. The summed E-state index contributed by atoms with van der Waals surface area (Å²) in [5, 5.41) is 6.75. The molecule has 17 heavy (non-hydrogen) atoms. The summed E-state index contributed by atoms with van der Waals surface area (Å²) in [5.74, 6) is 1.16. The number of thiophene rings is 1. The summed E-state index contributed by atoms with van der Waals surface area (Å²) in [4.78, 5) is 1.35. The highest BCUT2D eigenvalue weighted by Gasteiger charge is 2.19. The van der Waals surface area contributed by atoms with E-state index in [1.54, 1.807) is 11.3 Å². The quantitative estimate of drug-likeness (QED) is 0.883. The lowest BCUT2D eigenvalue weighted by Gasteiger charge is -2.21. The van der Waals surface area contributed by atoms with Crippen LogP contribution >= 0.6 is 22.9 Å². The van der Waals surface area contributed by atoms with Crippen LogP contribution in [0, 0.1) is 12.8 Å². The van der Waals surface area contributed by atoms with Crippen LogP contribution in [0.5, 0.6) is 0 Å². The molecule has 5 heteroatoms. The van der Waals surface area contributed by atoms with E-state index in [9.17, 15) is 0 Å². The molecule has 0 aliphatic heterocycles. The molecule has 0 bridgehead atoms. The second kappa shape index (κ2) is 5.06. The molecule has 92 valence electrons. The molecule has 1 atom stereocenters. The number of nitrogens with two attached hydrogens (primary N) is 1. The maximum absolute atomic E-state index is 5.77. The van der Waals surface area contributed by atoms with Crippen LogP contribution in [0.2, 0.25) is 0 Å². The number of nitrogens with zero attached hydrogens (tertiary/aromatic N) is 1. The van der Waals surface area contributed by atoms with Crippen LogP contribution < -0.4 is 11.1 Å². The Morgan fingerprint density at radius 3 is 2.65 bits per heavy atom. The zero-order valence-electron chi connectivity index (χ0n) is 10.2. The lowest BCUT2D eigenvalue weighted by atomic mass is 10.0. The molecule has 0 aromatic carbocycles. The zero-order chi connectivity index (χ0) is 12.4. The summed E-state index contributed by atoms with van der Waals surface area (Å²) >= 11 is 3.22. The first-order chi connectivity index (χ1) is 8.09. The number of hydrogen-bond donors (Lipinski definition) is 2. The molecule has 2 aromatic heterocycles. The largest absolute Gasteiger partial charge is 0.383 e. The Hall–Kier alpha value is -1.07. The monoisotopic (exact) mass is 267 g/mol. The van der Waals surface area contributed by atoms with Gasteiger partial charge in [-0.2, -0.15) is 4.37 Å². The number of hydrogen-bond acceptors (Lipinski definition) is 5. The molecule has 3 nitrogen and oxygen atoms in total. The van der Waals surface area contributed by atoms with Gasteiger partial charge in [-0.05, 0) is 35.8 Å². The topological polar surface area (TPSA) is 50.9 Å². The van der Waals surface area contributed by atoms with Gasteiger partial charge in [0.2, 0.25) is 0 Å². The second-order valence-electron chi connectivity index (χ2n) is 4.40. The van der Waals surface area contributed by atoms with Gasteiger partial charge in [-0.1, -0.05) is 19.9 Å². The predicted octanol–water partition coefficient (Wildman–Crippen LogP) is 3.90. The Morgan fingerprint density at radius 2 is 2.18 bits per heavy atom. The molecule has 0 saturated carbocycles. The van der Waals surface area contributed by atoms with E-state index in [4.69, 9.17) is 5.73 Å². The van der Waals surface area contributed by atoms with Gasteiger partial charge in [0, 0.05) is 10.4 Å². The molecule has 2 heterocycles. The molecule has 0 radical (unpaired) electrons. The van der Waals surface area contributed by atoms with Crippen molar-refractivity contribution in [3.63, 3.8) is 0 Å². The van der Waals surface area contributed by atoms with Gasteiger partial charge in [-0.15, -0.1) is 11.3 Å². The van der Waals surface area contributed by atoms with Crippen molar-refractivity contribution in [2.24, 2.45) is 5.92 Å². The van der Waals surface area contributed by atoms with Gasteiger partial charge < -0.3 is 11.1 Å². The molecular formula is C12H17N3S2. The molecule has 0 saturated heterocycles. The number of rotatable bonds is 4. The molecule has 0 aliphatic rings. The van der Waals surface area contributed by atoms with Gasteiger partial charge in [0.15, 0.2) is 0 Å². The number of nitrogen functional groups attached to an aromatic ring is 1. The van der Waals surface area contributed by atoms with Crippen LogP contribution in [0.1, 0.15) is 30.3 Å². The van der Waals surface area contributed by atoms with Gasteiger partial charge in [0.1, 0.15) is 10.8 Å². The molecule has 2 rings (SSSR count). The summed E-state index contributed by atoms with van der Waals surface area (Å²) in [7, 11) is 0. The van der Waals surface area contributed by atoms with E-state index in [1.165, 1.54) is 16.4 Å². The minimum absolute atomic E-state index is 0.327. The fourth-order valence-electron chi connectivity index (χ4n) is 1.66. The van der Waals surface area contributed by atoms with E-state index in [1.807, 2.05) is 6.92 Å². The maximum atomic E-state index is 5.77. The fraction of sp³-hybridized carbons (Fsp3) is 0.417. The Morgan fingerprint density at radius 1 is 1.41 bits per heavy atom. The van der Waals surface area contributed by atoms with E-state index >= 15 is 0 Å². The first-order valence-electron chi connectivity index (χ1n) is 5.61. The molecule has 0 fully saturated rings. The van der Waals surface area contributed by atoms with Crippen molar-refractivity contribution >= 4 is 33.7 Å². The summed E-state index contributed by atoms with van der Waals surface area (Å²) in [6.07, 6.45) is 0. The third-order valence-electron chi connectivity index (χ3n) is 2.76. The smallest absolute Gasteiger partial charge is 0.142 e. The van der Waals surface area contributed by atoms with E-state index < -0.39 is 0 Å².